The van der Waals surface area contributed by atoms with Crippen molar-refractivity contribution in [3.63, 3.8) is 0 Å². The molecule has 0 amide bonds. The van der Waals surface area contributed by atoms with Crippen LogP contribution in [0.3, 0.4) is 0 Å². The molecule has 18 heavy (non-hydrogen) atoms. The summed E-state index contributed by atoms with van der Waals surface area (Å²) >= 11 is 0. The van der Waals surface area contributed by atoms with E-state index in [1.165, 1.54) is 51.4 Å². The normalized spacial score (nSPS) is 14.0. The maximum atomic E-state index is 5.93. The fourth-order valence-electron chi connectivity index (χ4n) is 2.20. The molecule has 0 N–H and O–H groups in total. The van der Waals surface area contributed by atoms with Crippen LogP contribution in [0.15, 0.2) is 0 Å². The van der Waals surface area contributed by atoms with Gasteiger partial charge >= 0.3 is 0 Å². The van der Waals surface area contributed by atoms with Gasteiger partial charge in [0.25, 0.3) is 0 Å². The Hall–Kier alpha value is 0.759. The quantitative estimate of drug-likeness (QED) is 0.442. The van der Waals surface area contributed by atoms with E-state index in [0.29, 0.717) is 0 Å². The maximum absolute atomic E-state index is 5.93. The van der Waals surface area contributed by atoms with Crippen LogP contribution < -0.4 is 0 Å². The molecule has 0 aromatic rings. The predicted molar refractivity (Wildman–Crippen MR) is 83.2 cm³/mol. The topological polar surface area (TPSA) is 9.23 Å². The van der Waals surface area contributed by atoms with Gasteiger partial charge < -0.3 is 4.74 Å². The smallest absolute Gasteiger partial charge is 0.0494 e. The van der Waals surface area contributed by atoms with Crippen LogP contribution in [-0.2, 0) is 4.74 Å². The first-order valence-corrected chi connectivity index (χ1v) is 7.86. The van der Waals surface area contributed by atoms with Gasteiger partial charge in [-0.1, -0.05) is 66.2 Å². The Morgan fingerprint density at radius 2 is 1.11 bits per heavy atom. The molecule has 0 bridgehead atoms. The van der Waals surface area contributed by atoms with E-state index < -0.39 is 0 Å². The second-order valence-corrected chi connectivity index (χ2v) is 5.37. The summed E-state index contributed by atoms with van der Waals surface area (Å²) in [5.74, 6) is 1.58. The van der Waals surface area contributed by atoms with E-state index in [-0.39, 0.29) is 23.9 Å². The van der Waals surface area contributed by atoms with Crippen LogP contribution in [0.5, 0.6) is 0 Å². The fourth-order valence-corrected chi connectivity index (χ4v) is 2.20. The van der Waals surface area contributed by atoms with Crippen LogP contribution in [-0.4, -0.2) is 37.1 Å². The Labute approximate surface area is 132 Å². The largest absolute Gasteiger partial charge is 0.381 e. The van der Waals surface area contributed by atoms with Gasteiger partial charge in [0.1, 0.15) is 0 Å². The molecule has 2 atom stereocenters. The van der Waals surface area contributed by atoms with Crippen LogP contribution in [0, 0.1) is 11.8 Å². The Kier molecular flexibility index (Phi) is 18.5. The number of unbranched alkanes of at least 4 members (excludes halogenated alkanes) is 2. The number of ether oxygens (including phenoxy) is 1. The van der Waals surface area contributed by atoms with Gasteiger partial charge in [-0.15, -0.1) is 0 Å². The minimum Gasteiger partial charge on any atom is -0.381 e. The molecule has 0 rings (SSSR count). The summed E-state index contributed by atoms with van der Waals surface area (Å²) in [5.41, 5.74) is 0. The zero-order valence-corrected chi connectivity index (χ0v) is 16.0. The van der Waals surface area contributed by atoms with Crippen molar-refractivity contribution >= 4 is 23.9 Å². The third-order valence-electron chi connectivity index (χ3n) is 3.79. The van der Waals surface area contributed by atoms with Crippen LogP contribution in [0.2, 0.25) is 0 Å². The van der Waals surface area contributed by atoms with Crippen molar-refractivity contribution in [2.24, 2.45) is 11.8 Å². The van der Waals surface area contributed by atoms with E-state index in [1.807, 2.05) is 0 Å². The maximum Gasteiger partial charge on any atom is 0.0494 e. The number of rotatable bonds is 12. The molecule has 0 aliphatic heterocycles. The Morgan fingerprint density at radius 1 is 0.722 bits per heavy atom. The molecule has 2 unspecified atom stereocenters. The SMILES string of the molecule is CCCCC(CC)COCC(CC)CCCC.[Sn]. The van der Waals surface area contributed by atoms with Crippen LogP contribution >= 0.6 is 0 Å². The molecule has 1 nitrogen and oxygen atoms in total. The van der Waals surface area contributed by atoms with Gasteiger partial charge in [0, 0.05) is 37.1 Å². The third-order valence-corrected chi connectivity index (χ3v) is 3.79. The first kappa shape index (κ1) is 21.1. The molecule has 0 spiro atoms. The zero-order chi connectivity index (χ0) is 12.9. The van der Waals surface area contributed by atoms with Gasteiger partial charge in [-0.05, 0) is 24.7 Å². The summed E-state index contributed by atoms with van der Waals surface area (Å²) in [4.78, 5) is 0. The van der Waals surface area contributed by atoms with Crippen LogP contribution in [0.25, 0.3) is 0 Å². The molecule has 0 aromatic heterocycles. The monoisotopic (exact) mass is 362 g/mol. The van der Waals surface area contributed by atoms with Gasteiger partial charge in [-0.25, -0.2) is 0 Å². The van der Waals surface area contributed by atoms with Crippen LogP contribution in [0.4, 0.5) is 0 Å². The van der Waals surface area contributed by atoms with E-state index in [4.69, 9.17) is 4.74 Å². The van der Waals surface area contributed by atoms with Gasteiger partial charge in [-0.3, -0.25) is 0 Å². The third kappa shape index (κ3) is 11.8. The van der Waals surface area contributed by atoms with Crippen molar-refractivity contribution in [3.05, 3.63) is 0 Å². The molecule has 0 aliphatic carbocycles. The Morgan fingerprint density at radius 3 is 1.39 bits per heavy atom. The molecule has 0 aliphatic rings. The molecular formula is C16H34OSn. The Balaban J connectivity index is 0. The average molecular weight is 361 g/mol. The van der Waals surface area contributed by atoms with Crippen molar-refractivity contribution < 1.29 is 4.74 Å². The van der Waals surface area contributed by atoms with Gasteiger partial charge in [0.2, 0.25) is 0 Å². The second kappa shape index (κ2) is 15.8. The zero-order valence-electron chi connectivity index (χ0n) is 13.1. The first-order valence-electron chi connectivity index (χ1n) is 7.86. The van der Waals surface area contributed by atoms with Gasteiger partial charge in [0.15, 0.2) is 0 Å². The summed E-state index contributed by atoms with van der Waals surface area (Å²) in [6, 6.07) is 0. The van der Waals surface area contributed by atoms with Crippen LogP contribution in [0.1, 0.15) is 79.1 Å². The molecule has 108 valence electrons. The molecule has 4 radical (unpaired) electrons. The first-order chi connectivity index (χ1) is 8.28. The van der Waals surface area contributed by atoms with Crippen molar-refractivity contribution in [2.75, 3.05) is 13.2 Å². The second-order valence-electron chi connectivity index (χ2n) is 5.37. The van der Waals surface area contributed by atoms with Gasteiger partial charge in [-0.2, -0.15) is 0 Å². The molecular weight excluding hydrogens is 327 g/mol. The van der Waals surface area contributed by atoms with E-state index >= 15 is 0 Å². The number of hydrogen-bond acceptors (Lipinski definition) is 1. The summed E-state index contributed by atoms with van der Waals surface area (Å²) in [6.07, 6.45) is 10.6. The molecule has 0 aromatic carbocycles. The van der Waals surface area contributed by atoms with Crippen molar-refractivity contribution in [3.8, 4) is 0 Å². The molecule has 0 saturated carbocycles. The summed E-state index contributed by atoms with van der Waals surface area (Å²) < 4.78 is 5.93. The van der Waals surface area contributed by atoms with E-state index in [0.717, 1.165) is 25.0 Å². The van der Waals surface area contributed by atoms with E-state index in [2.05, 4.69) is 27.7 Å². The standard InChI is InChI=1S/C16H34O.Sn/c1-5-9-11-15(7-3)13-17-14-16(8-4)12-10-6-2;/h15-16H,5-14H2,1-4H3;. The van der Waals surface area contributed by atoms with Crippen molar-refractivity contribution in [2.45, 2.75) is 79.1 Å². The summed E-state index contributed by atoms with van der Waals surface area (Å²) in [7, 11) is 0. The average Bonchev–Trinajstić information content (AvgIpc) is 2.37. The Bertz CT molecular complexity index is 134. The van der Waals surface area contributed by atoms with Gasteiger partial charge in [0.05, 0.1) is 0 Å². The predicted octanol–water partition coefficient (Wildman–Crippen LogP) is 5.06. The van der Waals surface area contributed by atoms with Crippen molar-refractivity contribution in [1.29, 1.82) is 0 Å². The summed E-state index contributed by atoms with van der Waals surface area (Å²) in [6.45, 7) is 11.1. The molecule has 2 heteroatoms. The minimum atomic E-state index is 0. The van der Waals surface area contributed by atoms with E-state index in [9.17, 15) is 0 Å². The van der Waals surface area contributed by atoms with Crippen molar-refractivity contribution in [1.82, 2.24) is 0 Å². The molecule has 0 heterocycles. The van der Waals surface area contributed by atoms with E-state index in [1.54, 1.807) is 0 Å². The molecule has 0 saturated heterocycles. The fraction of sp³-hybridized carbons (Fsp3) is 1.00. The summed E-state index contributed by atoms with van der Waals surface area (Å²) in [5, 5.41) is 0. The molecule has 0 fully saturated rings. The minimum absolute atomic E-state index is 0. The number of hydrogen-bond donors (Lipinski definition) is 0.